The van der Waals surface area contributed by atoms with Crippen molar-refractivity contribution < 1.29 is 76.5 Å². The van der Waals surface area contributed by atoms with E-state index in [2.05, 4.69) is 10.2 Å². The fourth-order valence-corrected chi connectivity index (χ4v) is 13.6. The number of hydrogen-bond acceptors (Lipinski definition) is 17. The van der Waals surface area contributed by atoms with E-state index in [0.717, 1.165) is 9.80 Å². The van der Waals surface area contributed by atoms with E-state index in [1.165, 1.54) is 87.7 Å². The van der Waals surface area contributed by atoms with Crippen LogP contribution in [-0.2, 0) is 71.7 Å². The summed E-state index contributed by atoms with van der Waals surface area (Å²) in [5.74, 6) is -13.3. The molecule has 0 bridgehead atoms. The molecule has 2 saturated heterocycles. The maximum absolute atomic E-state index is 15.6. The second kappa shape index (κ2) is 42.1. The Bertz CT molecular complexity index is 2840. The number of esters is 1. The number of hydrogen-bond donors (Lipinski definition) is 1. The normalized spacial score (nSPS) is 26.8. The van der Waals surface area contributed by atoms with Crippen LogP contribution in [0.2, 0.25) is 0 Å². The molecule has 101 heavy (non-hydrogen) atoms. The number of ether oxygens (including phenoxy) is 3. The maximum Gasteiger partial charge on any atom is 0.409 e. The standard InChI is InChI=1S/C75H130N10O16/c1-27-29-30-49(13)66(101-54(18)86)65-67(90)76-56(28-2)71(94)78(20)53(17)69(92)83(25)64(52(16)43-99-35-36-100-75(98)85-33-31-77(19)32-34-85)62(89)42-55(47(9)10)70(93)79(21)57(37-44(3)4)61(88)40-50(14)60(87)41-51(15)68(91)80(22)58(38-45(5)6)72(95)81(23)59(39-46(7)8)73(96)82(24)63(48(11)12)74(97)84(65)26/h27,29,44-53,55-59,63-66H,28,30-43H2,1-26H3,(H,76,90)/b29-27+/t49-,50-,51+,52-,53-,55+,56+,57+,58+,59+,63+,64?,65+,66-/m1/s1. The van der Waals surface area contributed by atoms with Gasteiger partial charge in [0.25, 0.3) is 0 Å². The minimum Gasteiger partial charge on any atom is -0.459 e. The van der Waals surface area contributed by atoms with Gasteiger partial charge in [-0.3, -0.25) is 57.5 Å². The first kappa shape index (κ1) is 90.3. The van der Waals surface area contributed by atoms with Crippen molar-refractivity contribution in [2.45, 2.75) is 230 Å². The van der Waals surface area contributed by atoms with Crippen LogP contribution in [0.3, 0.4) is 0 Å². The third kappa shape index (κ3) is 25.8. The molecule has 2 heterocycles. The van der Waals surface area contributed by atoms with Gasteiger partial charge in [-0.05, 0) is 88.5 Å². The molecule has 0 aliphatic carbocycles. The minimum absolute atomic E-state index is 0.0429. The Kier molecular flexibility index (Phi) is 37.6. The highest BCUT2D eigenvalue weighted by atomic mass is 16.6. The summed E-state index contributed by atoms with van der Waals surface area (Å²) in [7, 11) is 12.0. The molecule has 2 fully saturated rings. The number of piperazine rings is 1. The van der Waals surface area contributed by atoms with Gasteiger partial charge in [0.2, 0.25) is 47.3 Å². The van der Waals surface area contributed by atoms with E-state index in [1.807, 2.05) is 54.7 Å². The number of carbonyl (C=O) groups is 13. The van der Waals surface area contributed by atoms with E-state index in [0.29, 0.717) is 26.2 Å². The van der Waals surface area contributed by atoms with Crippen molar-refractivity contribution in [3.63, 3.8) is 0 Å². The number of ketones is 3. The largest absolute Gasteiger partial charge is 0.459 e. The number of rotatable bonds is 20. The van der Waals surface area contributed by atoms with Crippen LogP contribution in [0.25, 0.3) is 0 Å². The molecule has 26 nitrogen and oxygen atoms in total. The van der Waals surface area contributed by atoms with Crippen molar-refractivity contribution in [1.82, 2.24) is 49.4 Å². The molecule has 1 unspecified atom stereocenters. The summed E-state index contributed by atoms with van der Waals surface area (Å²) in [6, 6.07) is -10.3. The van der Waals surface area contributed by atoms with Gasteiger partial charge >= 0.3 is 12.1 Å². The molecular weight excluding hydrogens is 1300 g/mol. The third-order valence-electron chi connectivity index (χ3n) is 20.1. The van der Waals surface area contributed by atoms with Gasteiger partial charge in [-0.25, -0.2) is 4.79 Å². The van der Waals surface area contributed by atoms with Gasteiger partial charge in [-0.15, -0.1) is 0 Å². The maximum atomic E-state index is 15.6. The first-order valence-electron chi connectivity index (χ1n) is 36.6. The first-order chi connectivity index (χ1) is 46.9. The number of Topliss-reactive ketones (excluding diaryl/α,β-unsaturated/α-hetero) is 3. The van der Waals surface area contributed by atoms with E-state index >= 15 is 38.4 Å². The smallest absolute Gasteiger partial charge is 0.409 e. The van der Waals surface area contributed by atoms with E-state index in [4.69, 9.17) is 14.2 Å². The summed E-state index contributed by atoms with van der Waals surface area (Å²) in [4.78, 5) is 204. The summed E-state index contributed by atoms with van der Waals surface area (Å²) < 4.78 is 17.6. The third-order valence-corrected chi connectivity index (χ3v) is 20.1. The fourth-order valence-electron chi connectivity index (χ4n) is 13.6. The molecule has 0 spiro atoms. The molecular formula is C75H130N10O16. The molecule has 0 radical (unpaired) electrons. The van der Waals surface area contributed by atoms with Crippen molar-refractivity contribution in [2.24, 2.45) is 59.2 Å². The summed E-state index contributed by atoms with van der Waals surface area (Å²) >= 11 is 0. The SMILES string of the molecule is C/C=C/C[C@@H](C)[C@@H](OC(C)=O)[C@H]1C(=O)N[C@@H](CC)C(=O)N(C)[C@H](C)C(=O)N(C)C([C@H](C)COCCOC(=O)N2CCN(C)CC2)C(=O)C[C@@H](C(C)C)C(=O)N(C)[C@@H](CC(C)C)C(=O)C[C@@H](C)C(=O)C[C@H](C)C(=O)N(C)[C@@H](CC(C)C)C(=O)N(C)[C@@H](CC(C)C)C(=O)N(C)[C@@H](C(C)C)C(=O)N1C. The van der Waals surface area contributed by atoms with Gasteiger partial charge < -0.3 is 63.6 Å². The first-order valence-corrected chi connectivity index (χ1v) is 36.6. The Morgan fingerprint density at radius 1 is 0.515 bits per heavy atom. The van der Waals surface area contributed by atoms with Crippen LogP contribution in [0.1, 0.15) is 176 Å². The molecule has 0 aromatic heterocycles. The number of likely N-dealkylation sites (N-methyl/N-ethyl adjacent to an activating group) is 8. The number of amides is 9. The van der Waals surface area contributed by atoms with Crippen molar-refractivity contribution in [3.05, 3.63) is 12.2 Å². The molecule has 0 aromatic carbocycles. The second-order valence-electron chi connectivity index (χ2n) is 30.8. The Hall–Kier alpha value is -6.83. The van der Waals surface area contributed by atoms with E-state index < -0.39 is 179 Å². The lowest BCUT2D eigenvalue weighted by atomic mass is 9.83. The van der Waals surface area contributed by atoms with Gasteiger partial charge in [-0.1, -0.05) is 116 Å². The zero-order chi connectivity index (χ0) is 77.5. The van der Waals surface area contributed by atoms with Crippen LogP contribution >= 0.6 is 0 Å². The number of nitrogens with zero attached hydrogens (tertiary/aromatic N) is 9. The number of allylic oxidation sites excluding steroid dienone is 2. The van der Waals surface area contributed by atoms with Gasteiger partial charge in [-0.2, -0.15) is 0 Å². The molecule has 1 N–H and O–H groups in total. The molecule has 2 aliphatic heterocycles. The molecule has 0 aromatic rings. The lowest BCUT2D eigenvalue weighted by Gasteiger charge is -2.42. The van der Waals surface area contributed by atoms with Crippen molar-refractivity contribution in [3.8, 4) is 0 Å². The van der Waals surface area contributed by atoms with E-state index in [9.17, 15) is 24.0 Å². The van der Waals surface area contributed by atoms with Crippen molar-refractivity contribution >= 4 is 76.7 Å². The van der Waals surface area contributed by atoms with E-state index in [1.54, 1.807) is 80.2 Å². The minimum atomic E-state index is -1.64. The molecule has 2 rings (SSSR count). The van der Waals surface area contributed by atoms with Crippen LogP contribution in [0.4, 0.5) is 4.79 Å². The summed E-state index contributed by atoms with van der Waals surface area (Å²) in [6.07, 6.45) is 1.54. The quantitative estimate of drug-likeness (QED) is 0.0774. The van der Waals surface area contributed by atoms with Crippen LogP contribution in [0, 0.1) is 59.2 Å². The monoisotopic (exact) mass is 1430 g/mol. The van der Waals surface area contributed by atoms with Crippen LogP contribution < -0.4 is 5.32 Å². The summed E-state index contributed by atoms with van der Waals surface area (Å²) in [6.45, 7) is 33.1. The van der Waals surface area contributed by atoms with Crippen LogP contribution in [0.15, 0.2) is 12.2 Å². The number of nitrogens with one attached hydrogen (secondary N) is 1. The lowest BCUT2D eigenvalue weighted by Crippen LogP contribution is -2.64. The second-order valence-corrected chi connectivity index (χ2v) is 30.8. The Balaban J connectivity index is 3.07. The predicted molar refractivity (Wildman–Crippen MR) is 387 cm³/mol. The van der Waals surface area contributed by atoms with Crippen molar-refractivity contribution in [1.29, 1.82) is 0 Å². The van der Waals surface area contributed by atoms with Gasteiger partial charge in [0.05, 0.1) is 25.3 Å². The average molecular weight is 1430 g/mol. The molecule has 26 heteroatoms. The zero-order valence-corrected chi connectivity index (χ0v) is 66.3. The molecule has 0 saturated carbocycles. The summed E-state index contributed by atoms with van der Waals surface area (Å²) in [5.41, 5.74) is 0. The average Bonchev–Trinajstić information content (AvgIpc) is 0.801. The highest BCUT2D eigenvalue weighted by Gasteiger charge is 2.48. The molecule has 9 amide bonds. The van der Waals surface area contributed by atoms with Gasteiger partial charge in [0, 0.05) is 125 Å². The van der Waals surface area contributed by atoms with Crippen molar-refractivity contribution in [2.75, 3.05) is 102 Å². The topological polar surface area (TPSA) is 291 Å². The van der Waals surface area contributed by atoms with Crippen LogP contribution in [-0.4, -0.2) is 278 Å². The molecule has 14 atom stereocenters. The Labute approximate surface area is 604 Å². The number of carbonyl (C=O) groups excluding carboxylic acids is 13. The van der Waals surface area contributed by atoms with E-state index in [-0.39, 0.29) is 82.5 Å². The highest BCUT2D eigenvalue weighted by molar-refractivity contribution is 6.00. The highest BCUT2D eigenvalue weighted by Crippen LogP contribution is 2.30. The fraction of sp³-hybridized carbons (Fsp3) is 0.800. The molecule has 2 aliphatic rings. The molecule has 576 valence electrons. The summed E-state index contributed by atoms with van der Waals surface area (Å²) in [5, 5.41) is 2.83. The predicted octanol–water partition coefficient (Wildman–Crippen LogP) is 6.49. The van der Waals surface area contributed by atoms with Gasteiger partial charge in [0.1, 0.15) is 54.7 Å². The van der Waals surface area contributed by atoms with Gasteiger partial charge in [0.15, 0.2) is 11.6 Å². The Morgan fingerprint density at radius 2 is 1.00 bits per heavy atom. The Morgan fingerprint density at radius 3 is 1.50 bits per heavy atom. The van der Waals surface area contributed by atoms with Crippen LogP contribution in [0.5, 0.6) is 0 Å². The lowest BCUT2D eigenvalue weighted by molar-refractivity contribution is -0.164. The zero-order valence-electron chi connectivity index (χ0n) is 66.3.